The van der Waals surface area contributed by atoms with E-state index in [1.807, 2.05) is 18.2 Å². The molecule has 53 valence electrons. The van der Waals surface area contributed by atoms with E-state index in [2.05, 4.69) is 6.92 Å². The van der Waals surface area contributed by atoms with Gasteiger partial charge in [0.05, 0.1) is 0 Å². The van der Waals surface area contributed by atoms with E-state index in [9.17, 15) is 0 Å². The van der Waals surface area contributed by atoms with Crippen molar-refractivity contribution < 1.29 is 9.47 Å². The van der Waals surface area contributed by atoms with Crippen LogP contribution in [0.4, 0.5) is 0 Å². The summed E-state index contributed by atoms with van der Waals surface area (Å²) in [5.41, 5.74) is 0.948. The van der Waals surface area contributed by atoms with Crippen molar-refractivity contribution in [2.45, 2.75) is 0 Å². The van der Waals surface area contributed by atoms with Crippen LogP contribution in [0, 0.1) is 6.92 Å². The predicted octanol–water partition coefficient (Wildman–Crippen LogP) is 0.949. The second-order valence-corrected chi connectivity index (χ2v) is 2.19. The molecule has 0 unspecified atom stereocenters. The molecule has 1 aromatic rings. The predicted molar refractivity (Wildman–Crippen MR) is 44.2 cm³/mol. The van der Waals surface area contributed by atoms with Gasteiger partial charge in [-0.15, -0.1) is 0 Å². The van der Waals surface area contributed by atoms with Crippen molar-refractivity contribution in [1.82, 2.24) is 0 Å². The Morgan fingerprint density at radius 1 is 1.18 bits per heavy atom. The monoisotopic (exact) mass is 175 g/mol. The first-order chi connectivity index (χ1) is 4.86. The minimum absolute atomic E-state index is 0. The first kappa shape index (κ1) is 9.54. The molecule has 1 aliphatic rings. The molecule has 0 saturated carbocycles. The van der Waals surface area contributed by atoms with Gasteiger partial charge in [0.2, 0.25) is 6.79 Å². The topological polar surface area (TPSA) is 18.5 Å². The third kappa shape index (κ3) is 1.98. The zero-order valence-electron chi connectivity index (χ0n) is 5.46. The van der Waals surface area contributed by atoms with Gasteiger partial charge in [0.1, 0.15) is 0 Å². The van der Waals surface area contributed by atoms with E-state index in [4.69, 9.17) is 9.47 Å². The van der Waals surface area contributed by atoms with Crippen molar-refractivity contribution in [3.05, 3.63) is 30.7 Å². The van der Waals surface area contributed by atoms with Crippen molar-refractivity contribution in [1.29, 1.82) is 0 Å². The summed E-state index contributed by atoms with van der Waals surface area (Å²) >= 11 is 0. The number of hydrogen-bond donors (Lipinski definition) is 0. The van der Waals surface area contributed by atoms with E-state index in [1.54, 1.807) is 0 Å². The molecule has 1 aromatic carbocycles. The number of ether oxygens (including phenoxy) is 2. The van der Waals surface area contributed by atoms with Crippen molar-refractivity contribution in [3.63, 3.8) is 0 Å². The van der Waals surface area contributed by atoms with E-state index in [-0.39, 0.29) is 51.4 Å². The molecular weight excluding hydrogens is 167 g/mol. The number of rotatable bonds is 0. The molecule has 11 heavy (non-hydrogen) atoms. The summed E-state index contributed by atoms with van der Waals surface area (Å²) in [6.07, 6.45) is 0. The van der Waals surface area contributed by atoms with Gasteiger partial charge in [0, 0.05) is 0 Å². The molecule has 0 aliphatic carbocycles. The molecule has 1 radical (unpaired) electrons. The van der Waals surface area contributed by atoms with E-state index in [0.717, 1.165) is 17.1 Å². The van der Waals surface area contributed by atoms with Crippen LogP contribution in [0.5, 0.6) is 11.5 Å². The van der Waals surface area contributed by atoms with Gasteiger partial charge in [-0.2, -0.15) is 0 Å². The maximum absolute atomic E-state index is 5.12. The van der Waals surface area contributed by atoms with Gasteiger partial charge >= 0.3 is 51.4 Å². The second-order valence-electron chi connectivity index (χ2n) is 2.19. The van der Waals surface area contributed by atoms with Gasteiger partial charge < -0.3 is 9.47 Å². The fraction of sp³-hybridized carbons (Fsp3) is 0.125. The van der Waals surface area contributed by atoms with Gasteiger partial charge in [0.15, 0.2) is 11.5 Å². The quantitative estimate of drug-likeness (QED) is 0.547. The van der Waals surface area contributed by atoms with Crippen LogP contribution in [0.3, 0.4) is 0 Å². The van der Waals surface area contributed by atoms with Crippen LogP contribution < -0.4 is 9.47 Å². The summed E-state index contributed by atoms with van der Waals surface area (Å²) in [6.45, 7) is 4.09. The average Bonchev–Trinajstić information content (AvgIpc) is 2.33. The van der Waals surface area contributed by atoms with Crippen molar-refractivity contribution in [2.24, 2.45) is 0 Å². The van der Waals surface area contributed by atoms with Crippen LogP contribution in [0.2, 0.25) is 0 Å². The molecule has 0 N–H and O–H groups in total. The Morgan fingerprint density at radius 2 is 1.91 bits per heavy atom. The Kier molecular flexibility index (Phi) is 3.40. The third-order valence-corrected chi connectivity index (χ3v) is 1.44. The van der Waals surface area contributed by atoms with Crippen LogP contribution in [0.1, 0.15) is 5.56 Å². The average molecular weight is 175 g/mol. The Hall–Kier alpha value is 0.456. The number of fused-ring (bicyclic) bond motifs is 1. The molecule has 3 heteroatoms. The first-order valence-electron chi connectivity index (χ1n) is 3.08. The van der Waals surface area contributed by atoms with E-state index < -0.39 is 0 Å². The van der Waals surface area contributed by atoms with E-state index in [0.29, 0.717) is 6.79 Å². The molecular formula is C8H8KO2. The van der Waals surface area contributed by atoms with Crippen LogP contribution in [0.15, 0.2) is 18.2 Å². The molecule has 0 amide bonds. The molecule has 0 aromatic heterocycles. The molecule has 2 rings (SSSR count). The minimum atomic E-state index is 0. The Bertz CT molecular complexity index is 260. The standard InChI is InChI=1S/C8H7O2.K.H/c1-6-2-3-7-8(4-6)10-5-9-7;;/h2-4H,1,5H2;;. The van der Waals surface area contributed by atoms with Crippen LogP contribution in [-0.4, -0.2) is 58.2 Å². The fourth-order valence-electron chi connectivity index (χ4n) is 0.941. The summed E-state index contributed by atoms with van der Waals surface area (Å²) in [5, 5.41) is 0. The normalized spacial score (nSPS) is 12.5. The SMILES string of the molecule is [CH2]c1ccc2c(c1)OCO2.[KH]. The summed E-state index contributed by atoms with van der Waals surface area (Å²) in [6, 6.07) is 5.63. The van der Waals surface area contributed by atoms with Gasteiger partial charge in [-0.05, 0) is 24.6 Å². The molecule has 0 fully saturated rings. The summed E-state index contributed by atoms with van der Waals surface area (Å²) in [4.78, 5) is 0. The second kappa shape index (κ2) is 3.91. The Morgan fingerprint density at radius 3 is 2.73 bits per heavy atom. The fourth-order valence-corrected chi connectivity index (χ4v) is 0.941. The van der Waals surface area contributed by atoms with Gasteiger partial charge in [-0.1, -0.05) is 6.07 Å². The molecule has 0 atom stereocenters. The van der Waals surface area contributed by atoms with Crippen molar-refractivity contribution >= 4 is 51.4 Å². The van der Waals surface area contributed by atoms with Crippen molar-refractivity contribution in [3.8, 4) is 11.5 Å². The van der Waals surface area contributed by atoms with Crippen LogP contribution in [-0.2, 0) is 0 Å². The van der Waals surface area contributed by atoms with Gasteiger partial charge in [0.25, 0.3) is 0 Å². The number of benzene rings is 1. The van der Waals surface area contributed by atoms with Gasteiger partial charge in [-0.25, -0.2) is 0 Å². The molecule has 1 aliphatic heterocycles. The maximum atomic E-state index is 5.12. The molecule has 0 spiro atoms. The Balaban J connectivity index is 0.000000605. The zero-order chi connectivity index (χ0) is 6.97. The summed E-state index contributed by atoms with van der Waals surface area (Å²) in [5.74, 6) is 1.61. The van der Waals surface area contributed by atoms with Gasteiger partial charge in [-0.3, -0.25) is 0 Å². The molecule has 1 heterocycles. The number of hydrogen-bond acceptors (Lipinski definition) is 2. The first-order valence-corrected chi connectivity index (χ1v) is 3.08. The van der Waals surface area contributed by atoms with E-state index >= 15 is 0 Å². The van der Waals surface area contributed by atoms with Crippen molar-refractivity contribution in [2.75, 3.05) is 6.79 Å². The molecule has 0 bridgehead atoms. The summed E-state index contributed by atoms with van der Waals surface area (Å²) in [7, 11) is 0. The third-order valence-electron chi connectivity index (χ3n) is 1.44. The van der Waals surface area contributed by atoms with E-state index in [1.165, 1.54) is 0 Å². The molecule has 0 saturated heterocycles. The Labute approximate surface area is 108 Å². The van der Waals surface area contributed by atoms with Crippen LogP contribution >= 0.6 is 0 Å². The van der Waals surface area contributed by atoms with Crippen LogP contribution in [0.25, 0.3) is 0 Å². The summed E-state index contributed by atoms with van der Waals surface area (Å²) < 4.78 is 10.2. The zero-order valence-corrected chi connectivity index (χ0v) is 5.46. The molecule has 2 nitrogen and oxygen atoms in total.